The van der Waals surface area contributed by atoms with Crippen molar-refractivity contribution in [3.05, 3.63) is 24.0 Å². The summed E-state index contributed by atoms with van der Waals surface area (Å²) < 4.78 is 7.89. The number of piperidine rings is 1. The van der Waals surface area contributed by atoms with E-state index >= 15 is 0 Å². The molecule has 0 unspecified atom stereocenters. The van der Waals surface area contributed by atoms with Crippen LogP contribution in [0.5, 0.6) is 0 Å². The zero-order valence-corrected chi connectivity index (χ0v) is 13.0. The van der Waals surface area contributed by atoms with Crippen molar-refractivity contribution in [3.8, 4) is 0 Å². The number of fused-ring (bicyclic) bond motifs is 1. The molecule has 0 bridgehead atoms. The second-order valence-electron chi connectivity index (χ2n) is 5.64. The van der Waals surface area contributed by atoms with Crippen molar-refractivity contribution < 1.29 is 4.74 Å². The summed E-state index contributed by atoms with van der Waals surface area (Å²) in [5.74, 6) is 1.15. The van der Waals surface area contributed by atoms with Crippen LogP contribution in [0.1, 0.15) is 38.8 Å². The van der Waals surface area contributed by atoms with Gasteiger partial charge in [-0.15, -0.1) is 0 Å². The Balaban J connectivity index is 1.86. The van der Waals surface area contributed by atoms with E-state index in [1.54, 1.807) is 0 Å². The molecule has 1 aliphatic rings. The SMILES string of the molecule is CCCO[C@@H]1CCCN(c2cc(CC)nc3ccnn23)C1. The fourth-order valence-corrected chi connectivity index (χ4v) is 2.92. The van der Waals surface area contributed by atoms with Crippen LogP contribution >= 0.6 is 0 Å². The van der Waals surface area contributed by atoms with Gasteiger partial charge in [0.05, 0.1) is 12.3 Å². The second-order valence-corrected chi connectivity index (χ2v) is 5.64. The molecule has 3 rings (SSSR count). The smallest absolute Gasteiger partial charge is 0.157 e. The molecule has 1 aliphatic heterocycles. The minimum Gasteiger partial charge on any atom is -0.376 e. The van der Waals surface area contributed by atoms with Crippen molar-refractivity contribution in [2.45, 2.75) is 45.6 Å². The first-order chi connectivity index (χ1) is 10.3. The molecule has 2 aromatic heterocycles. The molecule has 1 saturated heterocycles. The third kappa shape index (κ3) is 3.02. The molecule has 0 spiro atoms. The number of hydrogen-bond acceptors (Lipinski definition) is 4. The van der Waals surface area contributed by atoms with Gasteiger partial charge in [0.1, 0.15) is 5.82 Å². The van der Waals surface area contributed by atoms with Gasteiger partial charge in [0, 0.05) is 37.5 Å². The highest BCUT2D eigenvalue weighted by Crippen LogP contribution is 2.23. The lowest BCUT2D eigenvalue weighted by Gasteiger charge is -2.34. The van der Waals surface area contributed by atoms with Crippen molar-refractivity contribution in [1.82, 2.24) is 14.6 Å². The highest BCUT2D eigenvalue weighted by Gasteiger charge is 2.22. The lowest BCUT2D eigenvalue weighted by Crippen LogP contribution is -2.41. The fourth-order valence-electron chi connectivity index (χ4n) is 2.92. The highest BCUT2D eigenvalue weighted by molar-refractivity contribution is 5.51. The van der Waals surface area contributed by atoms with E-state index in [-0.39, 0.29) is 0 Å². The average molecular weight is 288 g/mol. The van der Waals surface area contributed by atoms with Gasteiger partial charge in [-0.2, -0.15) is 9.61 Å². The molecular weight excluding hydrogens is 264 g/mol. The van der Waals surface area contributed by atoms with Crippen molar-refractivity contribution in [3.63, 3.8) is 0 Å². The summed E-state index contributed by atoms with van der Waals surface area (Å²) in [6, 6.07) is 4.14. The van der Waals surface area contributed by atoms with Crippen LogP contribution in [0, 0.1) is 0 Å². The summed E-state index contributed by atoms with van der Waals surface area (Å²) in [6.07, 6.45) is 6.50. The summed E-state index contributed by atoms with van der Waals surface area (Å²) in [7, 11) is 0. The van der Waals surface area contributed by atoms with E-state index in [2.05, 4.69) is 34.9 Å². The van der Waals surface area contributed by atoms with Crippen LogP contribution in [0.2, 0.25) is 0 Å². The average Bonchev–Trinajstić information content (AvgIpc) is 3.00. The number of rotatable bonds is 5. The van der Waals surface area contributed by atoms with Crippen LogP contribution in [0.4, 0.5) is 5.82 Å². The van der Waals surface area contributed by atoms with Crippen LogP contribution in [-0.4, -0.2) is 40.4 Å². The van der Waals surface area contributed by atoms with Crippen molar-refractivity contribution in [2.24, 2.45) is 0 Å². The van der Waals surface area contributed by atoms with Crippen LogP contribution in [0.3, 0.4) is 0 Å². The van der Waals surface area contributed by atoms with Crippen LogP contribution < -0.4 is 4.90 Å². The largest absolute Gasteiger partial charge is 0.376 e. The lowest BCUT2D eigenvalue weighted by molar-refractivity contribution is 0.0438. The van der Waals surface area contributed by atoms with Gasteiger partial charge in [-0.3, -0.25) is 0 Å². The highest BCUT2D eigenvalue weighted by atomic mass is 16.5. The number of anilines is 1. The van der Waals surface area contributed by atoms with Crippen LogP contribution in [-0.2, 0) is 11.2 Å². The van der Waals surface area contributed by atoms with Gasteiger partial charge < -0.3 is 9.64 Å². The zero-order chi connectivity index (χ0) is 14.7. The van der Waals surface area contributed by atoms with E-state index in [4.69, 9.17) is 4.74 Å². The fraction of sp³-hybridized carbons (Fsp3) is 0.625. The molecule has 5 heteroatoms. The molecule has 3 heterocycles. The standard InChI is InChI=1S/C16H24N4O/c1-3-10-21-14-6-5-9-19(12-14)16-11-13(4-2)18-15-7-8-17-20(15)16/h7-8,11,14H,3-6,9-10,12H2,1-2H3/t14-/m1/s1. The molecular formula is C16H24N4O. The first-order valence-electron chi connectivity index (χ1n) is 8.02. The first-order valence-corrected chi connectivity index (χ1v) is 8.02. The molecule has 5 nitrogen and oxygen atoms in total. The Bertz CT molecular complexity index is 595. The molecule has 0 saturated carbocycles. The molecule has 1 atom stereocenters. The van der Waals surface area contributed by atoms with E-state index in [1.165, 1.54) is 6.42 Å². The molecule has 21 heavy (non-hydrogen) atoms. The summed E-state index contributed by atoms with van der Waals surface area (Å²) in [4.78, 5) is 7.01. The van der Waals surface area contributed by atoms with E-state index in [1.807, 2.05) is 16.8 Å². The zero-order valence-electron chi connectivity index (χ0n) is 13.0. The Kier molecular flexibility index (Phi) is 4.39. The van der Waals surface area contributed by atoms with Gasteiger partial charge in [-0.05, 0) is 25.7 Å². The summed E-state index contributed by atoms with van der Waals surface area (Å²) >= 11 is 0. The second kappa shape index (κ2) is 6.43. The molecule has 0 radical (unpaired) electrons. The quantitative estimate of drug-likeness (QED) is 0.848. The minimum atomic E-state index is 0.336. The normalized spacial score (nSPS) is 19.3. The Morgan fingerprint density at radius 3 is 3.10 bits per heavy atom. The summed E-state index contributed by atoms with van der Waals surface area (Å²) in [5.41, 5.74) is 2.05. The predicted molar refractivity (Wildman–Crippen MR) is 83.8 cm³/mol. The predicted octanol–water partition coefficient (Wildman–Crippen LogP) is 2.69. The minimum absolute atomic E-state index is 0.336. The molecule has 2 aromatic rings. The van der Waals surface area contributed by atoms with Crippen LogP contribution in [0.25, 0.3) is 5.65 Å². The Morgan fingerprint density at radius 1 is 1.38 bits per heavy atom. The van der Waals surface area contributed by atoms with Gasteiger partial charge in [-0.1, -0.05) is 13.8 Å². The number of ether oxygens (including phenoxy) is 1. The Hall–Kier alpha value is -1.62. The number of aryl methyl sites for hydroxylation is 1. The number of hydrogen-bond donors (Lipinski definition) is 0. The maximum atomic E-state index is 5.95. The van der Waals surface area contributed by atoms with Crippen molar-refractivity contribution in [1.29, 1.82) is 0 Å². The Labute approximate surface area is 125 Å². The van der Waals surface area contributed by atoms with Crippen LogP contribution in [0.15, 0.2) is 18.3 Å². The molecule has 114 valence electrons. The van der Waals surface area contributed by atoms with E-state index in [0.717, 1.165) is 56.1 Å². The molecule has 0 aromatic carbocycles. The maximum absolute atomic E-state index is 5.95. The first kappa shape index (κ1) is 14.3. The third-order valence-corrected chi connectivity index (χ3v) is 4.02. The molecule has 0 amide bonds. The van der Waals surface area contributed by atoms with Crippen molar-refractivity contribution in [2.75, 3.05) is 24.6 Å². The molecule has 0 N–H and O–H groups in total. The monoisotopic (exact) mass is 288 g/mol. The van der Waals surface area contributed by atoms with Gasteiger partial charge >= 0.3 is 0 Å². The van der Waals surface area contributed by atoms with E-state index in [9.17, 15) is 0 Å². The maximum Gasteiger partial charge on any atom is 0.157 e. The van der Waals surface area contributed by atoms with Gasteiger partial charge in [0.15, 0.2) is 5.65 Å². The van der Waals surface area contributed by atoms with E-state index in [0.29, 0.717) is 6.10 Å². The third-order valence-electron chi connectivity index (χ3n) is 4.02. The number of aromatic nitrogens is 3. The van der Waals surface area contributed by atoms with Gasteiger partial charge in [0.25, 0.3) is 0 Å². The molecule has 1 fully saturated rings. The Morgan fingerprint density at radius 2 is 2.29 bits per heavy atom. The van der Waals surface area contributed by atoms with Gasteiger partial charge in [-0.25, -0.2) is 4.98 Å². The summed E-state index contributed by atoms with van der Waals surface area (Å²) in [6.45, 7) is 7.16. The van der Waals surface area contributed by atoms with Gasteiger partial charge in [0.2, 0.25) is 0 Å². The van der Waals surface area contributed by atoms with E-state index < -0.39 is 0 Å². The molecule has 0 aliphatic carbocycles. The topological polar surface area (TPSA) is 42.7 Å². The number of nitrogens with zero attached hydrogens (tertiary/aromatic N) is 4. The lowest BCUT2D eigenvalue weighted by atomic mass is 10.1. The van der Waals surface area contributed by atoms with Crippen molar-refractivity contribution >= 4 is 11.5 Å². The summed E-state index contributed by atoms with van der Waals surface area (Å²) in [5, 5.41) is 4.43.